The fraction of sp³-hybridized carbons (Fsp3) is 0.500. The van der Waals surface area contributed by atoms with E-state index in [0.717, 1.165) is 18.6 Å². The van der Waals surface area contributed by atoms with Crippen LogP contribution in [-0.2, 0) is 6.42 Å². The van der Waals surface area contributed by atoms with Crippen LogP contribution in [0.2, 0.25) is 0 Å². The van der Waals surface area contributed by atoms with Crippen LogP contribution < -0.4 is 10.5 Å². The van der Waals surface area contributed by atoms with E-state index in [9.17, 15) is 0 Å². The monoisotopic (exact) mass is 355 g/mol. The summed E-state index contributed by atoms with van der Waals surface area (Å²) in [5.41, 5.74) is 7.33. The van der Waals surface area contributed by atoms with E-state index in [1.54, 1.807) is 0 Å². The zero-order chi connectivity index (χ0) is 19.2. The molecule has 0 heterocycles. The summed E-state index contributed by atoms with van der Waals surface area (Å²) in [7, 11) is 1.50. The number of ether oxygens (including phenoxy) is 1. The van der Waals surface area contributed by atoms with Gasteiger partial charge in [-0.2, -0.15) is 0 Å². The van der Waals surface area contributed by atoms with E-state index < -0.39 is 0 Å². The number of rotatable bonds is 10. The Morgan fingerprint density at radius 1 is 0.885 bits per heavy atom. The first kappa shape index (κ1) is 22.2. The Labute approximate surface area is 160 Å². The van der Waals surface area contributed by atoms with Crippen molar-refractivity contribution in [2.24, 2.45) is 5.73 Å². The van der Waals surface area contributed by atoms with Gasteiger partial charge in [0.15, 0.2) is 0 Å². The zero-order valence-corrected chi connectivity index (χ0v) is 17.1. The summed E-state index contributed by atoms with van der Waals surface area (Å²) in [4.78, 5) is 0. The number of hydrogen-bond acceptors (Lipinski definition) is 2. The molecule has 0 aliphatic heterocycles. The van der Waals surface area contributed by atoms with E-state index in [1.807, 2.05) is 0 Å². The molecule has 0 aromatic heterocycles. The van der Waals surface area contributed by atoms with Crippen molar-refractivity contribution < 1.29 is 4.74 Å². The summed E-state index contributed by atoms with van der Waals surface area (Å²) in [6.45, 7) is 6.71. The fourth-order valence-electron chi connectivity index (χ4n) is 3.18. The van der Waals surface area contributed by atoms with Crippen molar-refractivity contribution >= 4 is 0 Å². The number of nitrogens with two attached hydrogens (primary N) is 1. The summed E-state index contributed by atoms with van der Waals surface area (Å²) >= 11 is 0. The molecule has 0 aliphatic rings. The summed E-state index contributed by atoms with van der Waals surface area (Å²) in [5.74, 6) is 1.68. The Hall–Kier alpha value is -1.80. The molecule has 2 unspecified atom stereocenters. The highest BCUT2D eigenvalue weighted by Gasteiger charge is 2.10. The lowest BCUT2D eigenvalue weighted by Crippen LogP contribution is -2.12. The van der Waals surface area contributed by atoms with Crippen molar-refractivity contribution in [1.82, 2.24) is 0 Å². The van der Waals surface area contributed by atoms with Crippen LogP contribution in [-0.4, -0.2) is 13.2 Å². The first-order valence-corrected chi connectivity index (χ1v) is 10.1. The van der Waals surface area contributed by atoms with Gasteiger partial charge in [0.25, 0.3) is 0 Å². The molecule has 0 amide bonds. The molecule has 26 heavy (non-hydrogen) atoms. The predicted octanol–water partition coefficient (Wildman–Crippen LogP) is 6.35. The van der Waals surface area contributed by atoms with Gasteiger partial charge >= 0.3 is 0 Å². The van der Waals surface area contributed by atoms with Crippen LogP contribution in [0.5, 0.6) is 5.75 Å². The van der Waals surface area contributed by atoms with E-state index in [-0.39, 0.29) is 6.10 Å². The third-order valence-corrected chi connectivity index (χ3v) is 4.77. The first-order valence-electron chi connectivity index (χ1n) is 10.1. The van der Waals surface area contributed by atoms with Crippen LogP contribution in [0.15, 0.2) is 54.6 Å². The van der Waals surface area contributed by atoms with Gasteiger partial charge in [-0.15, -0.1) is 0 Å². The van der Waals surface area contributed by atoms with E-state index in [1.165, 1.54) is 43.9 Å². The molecule has 2 aromatic carbocycles. The van der Waals surface area contributed by atoms with E-state index >= 15 is 0 Å². The molecule has 2 aromatic rings. The van der Waals surface area contributed by atoms with Gasteiger partial charge in [-0.25, -0.2) is 0 Å². The molecular formula is C24H37NO. The van der Waals surface area contributed by atoms with Crippen LogP contribution in [0.3, 0.4) is 0 Å². The van der Waals surface area contributed by atoms with Gasteiger partial charge in [-0.1, -0.05) is 69.2 Å². The fourth-order valence-corrected chi connectivity index (χ4v) is 3.18. The van der Waals surface area contributed by atoms with Crippen LogP contribution in [0, 0.1) is 0 Å². The Bertz CT molecular complexity index is 565. The lowest BCUT2D eigenvalue weighted by Gasteiger charge is -2.18. The van der Waals surface area contributed by atoms with Gasteiger partial charge < -0.3 is 10.5 Å². The topological polar surface area (TPSA) is 35.2 Å². The van der Waals surface area contributed by atoms with Gasteiger partial charge in [-0.05, 0) is 68.8 Å². The molecule has 2 heteroatoms. The van der Waals surface area contributed by atoms with E-state index in [0.29, 0.717) is 5.92 Å². The molecule has 2 rings (SSSR count). The van der Waals surface area contributed by atoms with Crippen molar-refractivity contribution in [3.05, 3.63) is 65.7 Å². The predicted molar refractivity (Wildman–Crippen MR) is 114 cm³/mol. The third-order valence-electron chi connectivity index (χ3n) is 4.77. The lowest BCUT2D eigenvalue weighted by atomic mass is 9.91. The SMILES string of the molecule is CCCCC(CC)c1ccc(OC(C)CCc2ccccc2)cc1.CN. The average Bonchev–Trinajstić information content (AvgIpc) is 2.70. The van der Waals surface area contributed by atoms with Crippen LogP contribution in [0.4, 0.5) is 0 Å². The van der Waals surface area contributed by atoms with Gasteiger partial charge in [0.2, 0.25) is 0 Å². The second-order valence-electron chi connectivity index (χ2n) is 6.77. The first-order chi connectivity index (χ1) is 12.7. The molecule has 0 aliphatic carbocycles. The van der Waals surface area contributed by atoms with Crippen molar-refractivity contribution in [1.29, 1.82) is 0 Å². The molecule has 2 nitrogen and oxygen atoms in total. The van der Waals surface area contributed by atoms with Crippen molar-refractivity contribution in [3.8, 4) is 5.75 Å². The van der Waals surface area contributed by atoms with E-state index in [2.05, 4.69) is 81.1 Å². The standard InChI is InChI=1S/C23H32O.CH5N/c1-4-6-12-21(5-2)22-15-17-23(18-16-22)24-19(3)13-14-20-10-8-7-9-11-20;1-2/h7-11,15-19,21H,4-6,12-14H2,1-3H3;2H2,1H3. The summed E-state index contributed by atoms with van der Waals surface area (Å²) in [5, 5.41) is 0. The molecular weight excluding hydrogens is 318 g/mol. The molecule has 2 atom stereocenters. The second kappa shape index (κ2) is 13.4. The smallest absolute Gasteiger partial charge is 0.119 e. The largest absolute Gasteiger partial charge is 0.491 e. The minimum absolute atomic E-state index is 0.234. The number of aryl methyl sites for hydroxylation is 1. The molecule has 0 fully saturated rings. The Kier molecular flexibility index (Phi) is 11.5. The molecule has 0 radical (unpaired) electrons. The minimum Gasteiger partial charge on any atom is -0.491 e. The summed E-state index contributed by atoms with van der Waals surface area (Å²) in [6.07, 6.45) is 7.44. The zero-order valence-electron chi connectivity index (χ0n) is 17.1. The average molecular weight is 356 g/mol. The van der Waals surface area contributed by atoms with Crippen molar-refractivity contribution in [2.75, 3.05) is 7.05 Å². The number of benzene rings is 2. The van der Waals surface area contributed by atoms with Gasteiger partial charge in [0.05, 0.1) is 6.10 Å². The maximum absolute atomic E-state index is 6.09. The number of hydrogen-bond donors (Lipinski definition) is 1. The Balaban J connectivity index is 0.00000163. The lowest BCUT2D eigenvalue weighted by molar-refractivity contribution is 0.211. The minimum atomic E-state index is 0.234. The van der Waals surface area contributed by atoms with Gasteiger partial charge in [0, 0.05) is 0 Å². The van der Waals surface area contributed by atoms with Gasteiger partial charge in [0.1, 0.15) is 5.75 Å². The van der Waals surface area contributed by atoms with Crippen LogP contribution in [0.1, 0.15) is 69.9 Å². The number of unbranched alkanes of at least 4 members (excludes halogenated alkanes) is 1. The van der Waals surface area contributed by atoms with Crippen LogP contribution >= 0.6 is 0 Å². The molecule has 2 N–H and O–H groups in total. The molecule has 0 bridgehead atoms. The van der Waals surface area contributed by atoms with Crippen molar-refractivity contribution in [3.63, 3.8) is 0 Å². The highest BCUT2D eigenvalue weighted by Crippen LogP contribution is 2.27. The molecule has 0 spiro atoms. The molecule has 144 valence electrons. The van der Waals surface area contributed by atoms with Crippen LogP contribution in [0.25, 0.3) is 0 Å². The maximum Gasteiger partial charge on any atom is 0.119 e. The highest BCUT2D eigenvalue weighted by molar-refractivity contribution is 5.29. The Morgan fingerprint density at radius 3 is 2.12 bits per heavy atom. The van der Waals surface area contributed by atoms with E-state index in [4.69, 9.17) is 4.74 Å². The van der Waals surface area contributed by atoms with Gasteiger partial charge in [-0.3, -0.25) is 0 Å². The Morgan fingerprint density at radius 2 is 1.54 bits per heavy atom. The summed E-state index contributed by atoms with van der Waals surface area (Å²) in [6, 6.07) is 19.4. The molecule has 0 saturated carbocycles. The quantitative estimate of drug-likeness (QED) is 0.539. The normalized spacial score (nSPS) is 12.7. The van der Waals surface area contributed by atoms with Crippen molar-refractivity contribution in [2.45, 2.75) is 71.3 Å². The third kappa shape index (κ3) is 8.05. The second-order valence-corrected chi connectivity index (χ2v) is 6.77. The highest BCUT2D eigenvalue weighted by atomic mass is 16.5. The molecule has 0 saturated heterocycles. The summed E-state index contributed by atoms with van der Waals surface area (Å²) < 4.78 is 6.09. The maximum atomic E-state index is 6.09.